The van der Waals surface area contributed by atoms with Gasteiger partial charge < -0.3 is 4.90 Å². The molecular formula is C56H43NS. The quantitative estimate of drug-likeness (QED) is 0.130. The van der Waals surface area contributed by atoms with E-state index in [0.29, 0.717) is 0 Å². The van der Waals surface area contributed by atoms with Crippen LogP contribution in [0.15, 0.2) is 204 Å². The van der Waals surface area contributed by atoms with Gasteiger partial charge in [0.25, 0.3) is 0 Å². The van der Waals surface area contributed by atoms with Crippen molar-refractivity contribution in [1.82, 2.24) is 0 Å². The van der Waals surface area contributed by atoms with E-state index >= 15 is 0 Å². The highest BCUT2D eigenvalue weighted by Gasteiger charge is 2.62. The molecule has 0 radical (unpaired) electrons. The third-order valence-electron chi connectivity index (χ3n) is 14.2. The molecule has 4 atom stereocenters. The van der Waals surface area contributed by atoms with Crippen LogP contribution in [-0.4, -0.2) is 10.3 Å². The van der Waals surface area contributed by atoms with E-state index in [9.17, 15) is 0 Å². The molecule has 4 aliphatic rings. The van der Waals surface area contributed by atoms with Crippen LogP contribution in [0.1, 0.15) is 44.4 Å². The summed E-state index contributed by atoms with van der Waals surface area (Å²) in [7, 11) is 0. The van der Waals surface area contributed by atoms with Crippen molar-refractivity contribution < 1.29 is 0 Å². The Morgan fingerprint density at radius 2 is 1.09 bits per heavy atom. The average Bonchev–Trinajstić information content (AvgIpc) is 3.54. The molecule has 0 saturated heterocycles. The summed E-state index contributed by atoms with van der Waals surface area (Å²) in [5, 5.41) is 7.73. The van der Waals surface area contributed by atoms with E-state index in [0.717, 1.165) is 0 Å². The van der Waals surface area contributed by atoms with Gasteiger partial charge in [-0.25, -0.2) is 0 Å². The first kappa shape index (κ1) is 34.0. The maximum absolute atomic E-state index is 2.67. The zero-order valence-electron chi connectivity index (χ0n) is 33.3. The molecule has 58 heavy (non-hydrogen) atoms. The summed E-state index contributed by atoms with van der Waals surface area (Å²) in [6.07, 6.45) is 7.76. The van der Waals surface area contributed by atoms with Crippen LogP contribution in [0.2, 0.25) is 0 Å². The SMILES string of the molecule is CC12Sc3cc4ccccc4cc3C1=CC1(C)C3=C2C(C)(c2ccccc2)C=CC3(C)c2ccccc2N1c1ccc(-c2cc3ccccc3c3ccccc23)cc1. The van der Waals surface area contributed by atoms with Crippen molar-refractivity contribution in [3.8, 4) is 11.1 Å². The van der Waals surface area contributed by atoms with Gasteiger partial charge in [0, 0.05) is 27.1 Å². The lowest BCUT2D eigenvalue weighted by Crippen LogP contribution is -2.60. The van der Waals surface area contributed by atoms with Gasteiger partial charge in [-0.15, -0.1) is 11.8 Å². The van der Waals surface area contributed by atoms with Crippen molar-refractivity contribution in [2.24, 2.45) is 0 Å². The molecule has 4 unspecified atom stereocenters. The first-order valence-electron chi connectivity index (χ1n) is 20.6. The molecule has 1 nitrogen and oxygen atoms in total. The Morgan fingerprint density at radius 3 is 1.86 bits per heavy atom. The molecule has 0 fully saturated rings. The minimum atomic E-state index is -0.487. The van der Waals surface area contributed by atoms with E-state index in [4.69, 9.17) is 0 Å². The number of nitrogens with zero attached hydrogens (tertiary/aromatic N) is 1. The lowest BCUT2D eigenvalue weighted by Gasteiger charge is -2.61. The van der Waals surface area contributed by atoms with Crippen LogP contribution in [0.3, 0.4) is 0 Å². The summed E-state index contributed by atoms with van der Waals surface area (Å²) < 4.78 is -0.288. The zero-order chi connectivity index (χ0) is 39.0. The minimum absolute atomic E-state index is 0.288. The second-order valence-electron chi connectivity index (χ2n) is 17.5. The predicted octanol–water partition coefficient (Wildman–Crippen LogP) is 14.8. The van der Waals surface area contributed by atoms with Crippen LogP contribution in [0.5, 0.6) is 0 Å². The number of allylic oxidation sites excluding steroid dienone is 2. The van der Waals surface area contributed by atoms with Crippen LogP contribution in [0.25, 0.3) is 49.0 Å². The molecule has 0 aromatic heterocycles. The third kappa shape index (κ3) is 4.39. The third-order valence-corrected chi connectivity index (χ3v) is 15.6. The molecule has 0 amide bonds. The van der Waals surface area contributed by atoms with Crippen molar-refractivity contribution in [2.45, 2.75) is 53.7 Å². The van der Waals surface area contributed by atoms with Crippen LogP contribution >= 0.6 is 11.8 Å². The van der Waals surface area contributed by atoms with Gasteiger partial charge in [-0.2, -0.15) is 0 Å². The Kier molecular flexibility index (Phi) is 6.88. The fourth-order valence-electron chi connectivity index (χ4n) is 11.6. The number of hydrogen-bond acceptors (Lipinski definition) is 2. The van der Waals surface area contributed by atoms with E-state index in [-0.39, 0.29) is 15.6 Å². The molecule has 0 bridgehead atoms. The first-order valence-corrected chi connectivity index (χ1v) is 21.4. The lowest BCUT2D eigenvalue weighted by atomic mass is 9.50. The second kappa shape index (κ2) is 11.7. The summed E-state index contributed by atoms with van der Waals surface area (Å²) in [5.41, 5.74) is 12.3. The van der Waals surface area contributed by atoms with E-state index < -0.39 is 5.54 Å². The maximum Gasteiger partial charge on any atom is 0.0839 e. The number of thioether (sulfide) groups is 1. The van der Waals surface area contributed by atoms with Crippen molar-refractivity contribution in [1.29, 1.82) is 0 Å². The fourth-order valence-corrected chi connectivity index (χ4v) is 13.2. The summed E-state index contributed by atoms with van der Waals surface area (Å²) >= 11 is 2.06. The van der Waals surface area contributed by atoms with Crippen LogP contribution < -0.4 is 4.90 Å². The van der Waals surface area contributed by atoms with Gasteiger partial charge in [-0.3, -0.25) is 0 Å². The van der Waals surface area contributed by atoms with Gasteiger partial charge in [-0.05, 0) is 147 Å². The Hall–Kier alpha value is -6.09. The lowest BCUT2D eigenvalue weighted by molar-refractivity contribution is 0.453. The van der Waals surface area contributed by atoms with Gasteiger partial charge >= 0.3 is 0 Å². The minimum Gasteiger partial charge on any atom is -0.328 e. The molecule has 8 aromatic carbocycles. The monoisotopic (exact) mass is 761 g/mol. The molecule has 0 N–H and O–H groups in total. The Bertz CT molecular complexity index is 3150. The van der Waals surface area contributed by atoms with Crippen LogP contribution in [0.4, 0.5) is 11.4 Å². The van der Waals surface area contributed by atoms with E-state index in [2.05, 4.69) is 232 Å². The molecule has 8 aromatic rings. The normalized spacial score (nSPS) is 25.4. The van der Waals surface area contributed by atoms with Gasteiger partial charge in [-0.1, -0.05) is 146 Å². The summed E-state index contributed by atoms with van der Waals surface area (Å²) in [5.74, 6) is 0. The standard InChI is InChI=1S/C56H43NS/c1-53(40-19-6-5-7-20-40)30-31-54(2)47-24-14-15-25-49(47)57(41-28-26-36(27-29-41)45-33-39-18-10-11-21-42(39)43-22-12-13-23-44(43)45)55(3)35-48-46-32-37-16-8-9-17-38(37)34-50(46)58-56(48,4)52(53)51(54)55/h5-35H,1-4H3. The number of hydrogen-bond donors (Lipinski definition) is 0. The largest absolute Gasteiger partial charge is 0.328 e. The maximum atomic E-state index is 2.67. The topological polar surface area (TPSA) is 3.24 Å². The highest BCUT2D eigenvalue weighted by atomic mass is 32.2. The van der Waals surface area contributed by atoms with Gasteiger partial charge in [0.15, 0.2) is 0 Å². The first-order chi connectivity index (χ1) is 28.2. The number of fused-ring (bicyclic) bond motifs is 10. The molecule has 278 valence electrons. The number of benzene rings is 8. The molecule has 2 heteroatoms. The molecule has 0 spiro atoms. The van der Waals surface area contributed by atoms with Gasteiger partial charge in [0.1, 0.15) is 0 Å². The summed E-state index contributed by atoms with van der Waals surface area (Å²) in [6, 6.07) is 63.6. The van der Waals surface area contributed by atoms with E-state index in [1.807, 2.05) is 0 Å². The number of anilines is 2. The predicted molar refractivity (Wildman–Crippen MR) is 247 cm³/mol. The number of para-hydroxylation sites is 1. The van der Waals surface area contributed by atoms with Crippen LogP contribution in [-0.2, 0) is 10.8 Å². The summed E-state index contributed by atoms with van der Waals surface area (Å²) in [6.45, 7) is 9.98. The van der Waals surface area contributed by atoms with E-state index in [1.165, 1.54) is 93.1 Å². The molecule has 12 rings (SSSR count). The van der Waals surface area contributed by atoms with E-state index in [1.54, 1.807) is 0 Å². The summed E-state index contributed by atoms with van der Waals surface area (Å²) in [4.78, 5) is 4.04. The smallest absolute Gasteiger partial charge is 0.0839 e. The van der Waals surface area contributed by atoms with Gasteiger partial charge in [0.05, 0.1) is 10.3 Å². The highest BCUT2D eigenvalue weighted by Crippen LogP contribution is 2.70. The molecule has 2 aliphatic carbocycles. The highest BCUT2D eigenvalue weighted by molar-refractivity contribution is 8.01. The van der Waals surface area contributed by atoms with Crippen LogP contribution in [0, 0.1) is 0 Å². The van der Waals surface area contributed by atoms with Crippen molar-refractivity contribution in [3.63, 3.8) is 0 Å². The molecular weight excluding hydrogens is 719 g/mol. The molecule has 2 heterocycles. The molecule has 0 saturated carbocycles. The Balaban J connectivity index is 1.13. The van der Waals surface area contributed by atoms with Gasteiger partial charge in [0.2, 0.25) is 0 Å². The second-order valence-corrected chi connectivity index (χ2v) is 18.9. The Labute approximate surface area is 345 Å². The average molecular weight is 762 g/mol. The number of rotatable bonds is 3. The van der Waals surface area contributed by atoms with Crippen molar-refractivity contribution in [2.75, 3.05) is 4.90 Å². The fraction of sp³-hybridized carbons (Fsp3) is 0.143. The molecule has 2 aliphatic heterocycles. The van der Waals surface area contributed by atoms with Crippen molar-refractivity contribution >= 4 is 61.0 Å². The van der Waals surface area contributed by atoms with Crippen molar-refractivity contribution in [3.05, 3.63) is 216 Å². The Morgan fingerprint density at radius 1 is 0.483 bits per heavy atom. The zero-order valence-corrected chi connectivity index (χ0v) is 34.1.